The summed E-state index contributed by atoms with van der Waals surface area (Å²) in [6.45, 7) is 0.187. The topological polar surface area (TPSA) is 109 Å². The molecule has 3 rings (SSSR count). The van der Waals surface area contributed by atoms with Crippen LogP contribution < -0.4 is 20.8 Å². The van der Waals surface area contributed by atoms with E-state index in [1.807, 2.05) is 48.5 Å². The van der Waals surface area contributed by atoms with Gasteiger partial charge in [-0.2, -0.15) is 5.10 Å². The van der Waals surface area contributed by atoms with Crippen LogP contribution >= 0.6 is 0 Å². The van der Waals surface area contributed by atoms with Gasteiger partial charge in [-0.25, -0.2) is 5.43 Å². The first-order valence-corrected chi connectivity index (χ1v) is 10.3. The van der Waals surface area contributed by atoms with Crippen LogP contribution in [0.15, 0.2) is 90.0 Å². The number of nitrogens with one attached hydrogen (secondary N) is 3. The third-order valence-electron chi connectivity index (χ3n) is 4.41. The number of benzene rings is 3. The average Bonchev–Trinajstić information content (AvgIpc) is 2.84. The van der Waals surface area contributed by atoms with Crippen LogP contribution in [0.1, 0.15) is 11.1 Å². The highest BCUT2D eigenvalue weighted by molar-refractivity contribution is 6.35. The SMILES string of the molecule is O=C(COc1cccc(/C=N\NC(=O)C(=O)NCCc2ccccc2)c1)Nc1ccccc1. The first-order valence-electron chi connectivity index (χ1n) is 10.3. The highest BCUT2D eigenvalue weighted by Crippen LogP contribution is 2.12. The number of hydrogen-bond donors (Lipinski definition) is 3. The molecule has 0 aromatic heterocycles. The monoisotopic (exact) mass is 444 g/mol. The van der Waals surface area contributed by atoms with Gasteiger partial charge in [-0.1, -0.05) is 60.7 Å². The van der Waals surface area contributed by atoms with Gasteiger partial charge in [-0.15, -0.1) is 0 Å². The molecule has 3 aromatic rings. The van der Waals surface area contributed by atoms with E-state index in [0.29, 0.717) is 30.0 Å². The lowest BCUT2D eigenvalue weighted by atomic mass is 10.1. The van der Waals surface area contributed by atoms with Crippen LogP contribution in [0.3, 0.4) is 0 Å². The molecule has 0 saturated carbocycles. The van der Waals surface area contributed by atoms with E-state index >= 15 is 0 Å². The Morgan fingerprint density at radius 2 is 1.58 bits per heavy atom. The summed E-state index contributed by atoms with van der Waals surface area (Å²) in [5.74, 6) is -1.44. The van der Waals surface area contributed by atoms with Gasteiger partial charge in [0, 0.05) is 12.2 Å². The predicted octanol–water partition coefficient (Wildman–Crippen LogP) is 2.51. The van der Waals surface area contributed by atoms with E-state index in [2.05, 4.69) is 21.2 Å². The van der Waals surface area contributed by atoms with Gasteiger partial charge in [-0.3, -0.25) is 14.4 Å². The Morgan fingerprint density at radius 3 is 2.33 bits per heavy atom. The summed E-state index contributed by atoms with van der Waals surface area (Å²) in [5, 5.41) is 9.08. The second-order valence-electron chi connectivity index (χ2n) is 6.97. The lowest BCUT2D eigenvalue weighted by molar-refractivity contribution is -0.139. The Labute approximate surface area is 191 Å². The Bertz CT molecular complexity index is 1100. The number of amides is 3. The van der Waals surface area contributed by atoms with Crippen LogP contribution in [0, 0.1) is 0 Å². The Morgan fingerprint density at radius 1 is 0.848 bits per heavy atom. The van der Waals surface area contributed by atoms with Crippen LogP contribution in [0.25, 0.3) is 0 Å². The van der Waals surface area contributed by atoms with Gasteiger partial charge in [0.1, 0.15) is 5.75 Å². The smallest absolute Gasteiger partial charge is 0.329 e. The minimum Gasteiger partial charge on any atom is -0.484 e. The van der Waals surface area contributed by atoms with Crippen LogP contribution in [0.5, 0.6) is 5.75 Å². The van der Waals surface area contributed by atoms with Crippen molar-refractivity contribution in [3.8, 4) is 5.75 Å². The maximum absolute atomic E-state index is 12.0. The molecule has 0 radical (unpaired) electrons. The molecule has 33 heavy (non-hydrogen) atoms. The number of hydrogen-bond acceptors (Lipinski definition) is 5. The first kappa shape index (κ1) is 23.2. The molecule has 0 spiro atoms. The molecule has 0 aliphatic carbocycles. The summed E-state index contributed by atoms with van der Waals surface area (Å²) in [6, 6.07) is 25.6. The molecule has 3 aromatic carbocycles. The van der Waals surface area contributed by atoms with E-state index in [4.69, 9.17) is 4.74 Å². The van der Waals surface area contributed by atoms with Gasteiger partial charge >= 0.3 is 11.8 Å². The Balaban J connectivity index is 1.40. The van der Waals surface area contributed by atoms with Gasteiger partial charge in [0.15, 0.2) is 6.61 Å². The minimum absolute atomic E-state index is 0.157. The fraction of sp³-hybridized carbons (Fsp3) is 0.120. The Kier molecular flexibility index (Phi) is 8.73. The second kappa shape index (κ2) is 12.4. The number of anilines is 1. The van der Waals surface area contributed by atoms with Gasteiger partial charge in [-0.05, 0) is 41.8 Å². The van der Waals surface area contributed by atoms with Crippen molar-refractivity contribution in [1.82, 2.24) is 10.7 Å². The van der Waals surface area contributed by atoms with Crippen LogP contribution in [-0.4, -0.2) is 37.1 Å². The standard InChI is InChI=1S/C25H24N4O4/c30-23(28-21-11-5-2-6-12-21)18-33-22-13-7-10-20(16-22)17-27-29-25(32)24(31)26-15-14-19-8-3-1-4-9-19/h1-13,16-17H,14-15,18H2,(H,26,31)(H,28,30)(H,29,32)/b27-17-. The molecule has 0 atom stereocenters. The number of nitrogens with zero attached hydrogens (tertiary/aromatic N) is 1. The second-order valence-corrected chi connectivity index (χ2v) is 6.97. The van der Waals surface area contributed by atoms with Crippen molar-refractivity contribution in [3.05, 3.63) is 96.1 Å². The summed E-state index contributed by atoms with van der Waals surface area (Å²) in [6.07, 6.45) is 2.01. The van der Waals surface area contributed by atoms with E-state index in [-0.39, 0.29) is 12.5 Å². The normalized spacial score (nSPS) is 10.4. The number of ether oxygens (including phenoxy) is 1. The first-order chi connectivity index (χ1) is 16.1. The molecular formula is C25H24N4O4. The zero-order valence-electron chi connectivity index (χ0n) is 17.9. The van der Waals surface area contributed by atoms with Crippen LogP contribution in [0.4, 0.5) is 5.69 Å². The number of hydrazone groups is 1. The molecule has 3 N–H and O–H groups in total. The lowest BCUT2D eigenvalue weighted by Crippen LogP contribution is -2.38. The molecule has 8 nitrogen and oxygen atoms in total. The summed E-state index contributed by atoms with van der Waals surface area (Å²) in [5.41, 5.74) is 4.57. The van der Waals surface area contributed by atoms with E-state index < -0.39 is 11.8 Å². The number of rotatable bonds is 9. The van der Waals surface area contributed by atoms with Crippen molar-refractivity contribution in [2.24, 2.45) is 5.10 Å². The van der Waals surface area contributed by atoms with E-state index in [1.54, 1.807) is 36.4 Å². The van der Waals surface area contributed by atoms with E-state index in [0.717, 1.165) is 5.56 Å². The predicted molar refractivity (Wildman–Crippen MR) is 126 cm³/mol. The Hall–Kier alpha value is -4.46. The maximum atomic E-state index is 12.0. The van der Waals surface area contributed by atoms with Crippen molar-refractivity contribution >= 4 is 29.6 Å². The van der Waals surface area contributed by atoms with Crippen molar-refractivity contribution in [3.63, 3.8) is 0 Å². The molecule has 0 fully saturated rings. The molecule has 8 heteroatoms. The van der Waals surface area contributed by atoms with Gasteiger partial charge < -0.3 is 15.4 Å². The summed E-state index contributed by atoms with van der Waals surface area (Å²) in [4.78, 5) is 35.7. The van der Waals surface area contributed by atoms with Crippen molar-refractivity contribution in [2.45, 2.75) is 6.42 Å². The minimum atomic E-state index is -0.857. The molecule has 0 saturated heterocycles. The molecule has 168 valence electrons. The van der Waals surface area contributed by atoms with Crippen molar-refractivity contribution in [1.29, 1.82) is 0 Å². The largest absolute Gasteiger partial charge is 0.484 e. The maximum Gasteiger partial charge on any atom is 0.329 e. The molecular weight excluding hydrogens is 420 g/mol. The highest BCUT2D eigenvalue weighted by atomic mass is 16.5. The summed E-state index contributed by atoms with van der Waals surface area (Å²) >= 11 is 0. The molecule has 3 amide bonds. The average molecular weight is 444 g/mol. The van der Waals surface area contributed by atoms with Gasteiger partial charge in [0.05, 0.1) is 6.21 Å². The van der Waals surface area contributed by atoms with Crippen molar-refractivity contribution < 1.29 is 19.1 Å². The van der Waals surface area contributed by atoms with Crippen molar-refractivity contribution in [2.75, 3.05) is 18.5 Å². The van der Waals surface area contributed by atoms with E-state index in [9.17, 15) is 14.4 Å². The highest BCUT2D eigenvalue weighted by Gasteiger charge is 2.11. The number of para-hydroxylation sites is 1. The lowest BCUT2D eigenvalue weighted by Gasteiger charge is -2.08. The molecule has 0 aliphatic heterocycles. The molecule has 0 bridgehead atoms. The summed E-state index contributed by atoms with van der Waals surface area (Å²) in [7, 11) is 0. The molecule has 0 unspecified atom stereocenters. The third-order valence-corrected chi connectivity index (χ3v) is 4.41. The fourth-order valence-electron chi connectivity index (χ4n) is 2.81. The zero-order chi connectivity index (χ0) is 23.3. The number of carbonyl (C=O) groups is 3. The van der Waals surface area contributed by atoms with Gasteiger partial charge in [0.2, 0.25) is 0 Å². The molecule has 0 heterocycles. The van der Waals surface area contributed by atoms with Gasteiger partial charge in [0.25, 0.3) is 5.91 Å². The van der Waals surface area contributed by atoms with Crippen LogP contribution in [0.2, 0.25) is 0 Å². The zero-order valence-corrected chi connectivity index (χ0v) is 17.9. The third kappa shape index (κ3) is 8.29. The fourth-order valence-corrected chi connectivity index (χ4v) is 2.81. The van der Waals surface area contributed by atoms with Crippen LogP contribution in [-0.2, 0) is 20.8 Å². The van der Waals surface area contributed by atoms with E-state index in [1.165, 1.54) is 6.21 Å². The molecule has 0 aliphatic rings. The number of carbonyl (C=O) groups excluding carboxylic acids is 3. The quantitative estimate of drug-likeness (QED) is 0.268. The summed E-state index contributed by atoms with van der Waals surface area (Å²) < 4.78 is 5.50.